The molecular formula is C14H12N4O3. The standard InChI is InChI=1S/C14H12N4O3/c1-8(12-15-7-16-18-12)17-13(19)10-6-9-4-2-3-5-11(9)21-14(10)20/h2-8H,1H3,(H,17,19)(H,15,16,18). The molecule has 0 saturated heterocycles. The summed E-state index contributed by atoms with van der Waals surface area (Å²) in [6.07, 6.45) is 1.35. The van der Waals surface area contributed by atoms with Crippen LogP contribution in [-0.4, -0.2) is 21.1 Å². The molecule has 0 radical (unpaired) electrons. The van der Waals surface area contributed by atoms with E-state index in [1.165, 1.54) is 12.4 Å². The number of nitrogens with zero attached hydrogens (tertiary/aromatic N) is 2. The lowest BCUT2D eigenvalue weighted by atomic mass is 10.1. The Kier molecular flexibility index (Phi) is 3.23. The molecule has 3 aromatic rings. The maximum atomic E-state index is 12.2. The molecule has 0 fully saturated rings. The van der Waals surface area contributed by atoms with Crippen molar-refractivity contribution in [2.24, 2.45) is 0 Å². The zero-order valence-corrected chi connectivity index (χ0v) is 11.2. The van der Waals surface area contributed by atoms with Crippen LogP contribution in [0.3, 0.4) is 0 Å². The third-order valence-corrected chi connectivity index (χ3v) is 3.08. The first-order valence-corrected chi connectivity index (χ1v) is 6.34. The van der Waals surface area contributed by atoms with Gasteiger partial charge >= 0.3 is 5.63 Å². The Morgan fingerprint density at radius 3 is 2.95 bits per heavy atom. The second kappa shape index (κ2) is 5.20. The van der Waals surface area contributed by atoms with Crippen molar-refractivity contribution in [1.82, 2.24) is 20.5 Å². The zero-order valence-electron chi connectivity index (χ0n) is 11.2. The number of amides is 1. The van der Waals surface area contributed by atoms with Crippen LogP contribution in [-0.2, 0) is 0 Å². The number of carbonyl (C=O) groups is 1. The molecule has 1 unspecified atom stereocenters. The summed E-state index contributed by atoms with van der Waals surface area (Å²) in [5.41, 5.74) is -0.265. The lowest BCUT2D eigenvalue weighted by Gasteiger charge is -2.10. The molecule has 2 aromatic heterocycles. The van der Waals surface area contributed by atoms with Crippen LogP contribution in [0.2, 0.25) is 0 Å². The van der Waals surface area contributed by atoms with Crippen molar-refractivity contribution in [2.75, 3.05) is 0 Å². The summed E-state index contributed by atoms with van der Waals surface area (Å²) in [6, 6.07) is 8.14. The number of carbonyl (C=O) groups excluding carboxylic acids is 1. The number of rotatable bonds is 3. The fraction of sp³-hybridized carbons (Fsp3) is 0.143. The van der Waals surface area contributed by atoms with Gasteiger partial charge in [-0.1, -0.05) is 18.2 Å². The third kappa shape index (κ3) is 2.53. The predicted molar refractivity (Wildman–Crippen MR) is 74.7 cm³/mol. The lowest BCUT2D eigenvalue weighted by Crippen LogP contribution is -2.31. The number of fused-ring (bicyclic) bond motifs is 1. The van der Waals surface area contributed by atoms with Gasteiger partial charge in [0.2, 0.25) is 0 Å². The Morgan fingerprint density at radius 2 is 2.19 bits per heavy atom. The molecule has 1 amide bonds. The summed E-state index contributed by atoms with van der Waals surface area (Å²) in [5, 5.41) is 9.74. The lowest BCUT2D eigenvalue weighted by molar-refractivity contribution is 0.0935. The molecule has 0 aliphatic carbocycles. The van der Waals surface area contributed by atoms with Crippen molar-refractivity contribution in [1.29, 1.82) is 0 Å². The maximum absolute atomic E-state index is 12.2. The summed E-state index contributed by atoms with van der Waals surface area (Å²) in [5.74, 6) is -0.00747. The highest BCUT2D eigenvalue weighted by Crippen LogP contribution is 2.13. The van der Waals surface area contributed by atoms with Crippen molar-refractivity contribution in [3.63, 3.8) is 0 Å². The molecule has 106 valence electrons. The second-order valence-corrected chi connectivity index (χ2v) is 4.55. The number of aromatic nitrogens is 3. The fourth-order valence-corrected chi connectivity index (χ4v) is 1.99. The van der Waals surface area contributed by atoms with Gasteiger partial charge in [0.1, 0.15) is 23.3 Å². The van der Waals surface area contributed by atoms with E-state index < -0.39 is 17.6 Å². The average Bonchev–Trinajstić information content (AvgIpc) is 3.00. The van der Waals surface area contributed by atoms with Gasteiger partial charge in [0, 0.05) is 5.39 Å². The smallest absolute Gasteiger partial charge is 0.349 e. The van der Waals surface area contributed by atoms with Gasteiger partial charge in [-0.25, -0.2) is 9.78 Å². The van der Waals surface area contributed by atoms with E-state index in [0.717, 1.165) is 0 Å². The molecule has 2 heterocycles. The van der Waals surface area contributed by atoms with Gasteiger partial charge in [-0.05, 0) is 19.1 Å². The summed E-state index contributed by atoms with van der Waals surface area (Å²) >= 11 is 0. The highest BCUT2D eigenvalue weighted by atomic mass is 16.4. The number of benzene rings is 1. The van der Waals surface area contributed by atoms with Gasteiger partial charge in [0.05, 0.1) is 6.04 Å². The van der Waals surface area contributed by atoms with E-state index in [1.54, 1.807) is 31.2 Å². The summed E-state index contributed by atoms with van der Waals surface area (Å²) in [4.78, 5) is 28.0. The summed E-state index contributed by atoms with van der Waals surface area (Å²) in [7, 11) is 0. The van der Waals surface area contributed by atoms with Crippen molar-refractivity contribution >= 4 is 16.9 Å². The molecule has 0 saturated carbocycles. The predicted octanol–water partition coefficient (Wildman–Crippen LogP) is 1.40. The first-order valence-electron chi connectivity index (χ1n) is 6.34. The van der Waals surface area contributed by atoms with Crippen molar-refractivity contribution < 1.29 is 9.21 Å². The molecule has 7 nitrogen and oxygen atoms in total. The van der Waals surface area contributed by atoms with Gasteiger partial charge < -0.3 is 9.73 Å². The number of aromatic amines is 1. The topological polar surface area (TPSA) is 101 Å². The minimum atomic E-state index is -0.670. The van der Waals surface area contributed by atoms with Crippen LogP contribution in [0.1, 0.15) is 29.1 Å². The fourth-order valence-electron chi connectivity index (χ4n) is 1.99. The monoisotopic (exact) mass is 284 g/mol. The van der Waals surface area contributed by atoms with E-state index in [4.69, 9.17) is 4.42 Å². The minimum absolute atomic E-state index is 0.0416. The summed E-state index contributed by atoms with van der Waals surface area (Å²) < 4.78 is 5.13. The van der Waals surface area contributed by atoms with E-state index in [-0.39, 0.29) is 5.56 Å². The molecule has 2 N–H and O–H groups in total. The molecule has 0 aliphatic rings. The Labute approximate surface area is 119 Å². The molecule has 0 spiro atoms. The van der Waals surface area contributed by atoms with E-state index in [0.29, 0.717) is 16.8 Å². The molecule has 3 rings (SSSR count). The second-order valence-electron chi connectivity index (χ2n) is 4.55. The quantitative estimate of drug-likeness (QED) is 0.708. The van der Waals surface area contributed by atoms with Crippen LogP contribution in [0.15, 0.2) is 45.9 Å². The van der Waals surface area contributed by atoms with Crippen molar-refractivity contribution in [3.05, 3.63) is 58.5 Å². The van der Waals surface area contributed by atoms with Crippen LogP contribution < -0.4 is 10.9 Å². The van der Waals surface area contributed by atoms with E-state index in [2.05, 4.69) is 20.5 Å². The van der Waals surface area contributed by atoms with E-state index in [1.807, 2.05) is 0 Å². The van der Waals surface area contributed by atoms with Gasteiger partial charge in [0.15, 0.2) is 0 Å². The minimum Gasteiger partial charge on any atom is -0.422 e. The van der Waals surface area contributed by atoms with Gasteiger partial charge in [0.25, 0.3) is 5.91 Å². The number of para-hydroxylation sites is 1. The largest absolute Gasteiger partial charge is 0.422 e. The Hall–Kier alpha value is -2.96. The van der Waals surface area contributed by atoms with Gasteiger partial charge in [-0.15, -0.1) is 0 Å². The average molecular weight is 284 g/mol. The highest BCUT2D eigenvalue weighted by Gasteiger charge is 2.17. The highest BCUT2D eigenvalue weighted by molar-refractivity contribution is 5.96. The van der Waals surface area contributed by atoms with Crippen molar-refractivity contribution in [3.8, 4) is 0 Å². The first-order chi connectivity index (χ1) is 10.1. The number of H-pyrrole nitrogens is 1. The van der Waals surface area contributed by atoms with E-state index in [9.17, 15) is 9.59 Å². The van der Waals surface area contributed by atoms with Gasteiger partial charge in [-0.3, -0.25) is 9.89 Å². The van der Waals surface area contributed by atoms with Crippen LogP contribution in [0.5, 0.6) is 0 Å². The number of hydrogen-bond donors (Lipinski definition) is 2. The third-order valence-electron chi connectivity index (χ3n) is 3.08. The molecule has 0 aliphatic heterocycles. The van der Waals surface area contributed by atoms with Crippen LogP contribution >= 0.6 is 0 Å². The van der Waals surface area contributed by atoms with Crippen LogP contribution in [0.4, 0.5) is 0 Å². The van der Waals surface area contributed by atoms with Gasteiger partial charge in [-0.2, -0.15) is 5.10 Å². The Morgan fingerprint density at radius 1 is 1.38 bits per heavy atom. The van der Waals surface area contributed by atoms with Crippen LogP contribution in [0, 0.1) is 0 Å². The normalized spacial score (nSPS) is 12.2. The molecule has 1 aromatic carbocycles. The van der Waals surface area contributed by atoms with Crippen LogP contribution in [0.25, 0.3) is 11.0 Å². The SMILES string of the molecule is CC(NC(=O)c1cc2ccccc2oc1=O)c1ncn[nH]1. The Balaban J connectivity index is 1.91. The van der Waals surface area contributed by atoms with Crippen molar-refractivity contribution in [2.45, 2.75) is 13.0 Å². The molecule has 21 heavy (non-hydrogen) atoms. The zero-order chi connectivity index (χ0) is 14.8. The molecular weight excluding hydrogens is 272 g/mol. The maximum Gasteiger partial charge on any atom is 0.349 e. The Bertz CT molecular complexity index is 839. The molecule has 7 heteroatoms. The number of hydrogen-bond acceptors (Lipinski definition) is 5. The molecule has 0 bridgehead atoms. The van der Waals surface area contributed by atoms with E-state index >= 15 is 0 Å². The number of nitrogens with one attached hydrogen (secondary N) is 2. The molecule has 1 atom stereocenters. The first kappa shape index (κ1) is 13.0. The summed E-state index contributed by atoms with van der Waals surface area (Å²) in [6.45, 7) is 1.74.